The third-order valence-corrected chi connectivity index (χ3v) is 5.99. The van der Waals surface area contributed by atoms with Crippen LogP contribution in [0.25, 0.3) is 17.4 Å². The van der Waals surface area contributed by atoms with Gasteiger partial charge in [-0.3, -0.25) is 14.5 Å². The van der Waals surface area contributed by atoms with Crippen LogP contribution in [0.2, 0.25) is 5.02 Å². The molecule has 1 aliphatic rings. The molecular formula is C24H20ClNO4S. The topological polar surface area (TPSA) is 59.8 Å². The van der Waals surface area contributed by atoms with Gasteiger partial charge in [-0.1, -0.05) is 35.4 Å². The van der Waals surface area contributed by atoms with Crippen molar-refractivity contribution >= 4 is 40.6 Å². The van der Waals surface area contributed by atoms with E-state index < -0.39 is 0 Å². The molecule has 0 unspecified atom stereocenters. The Hall–Kier alpha value is -2.96. The summed E-state index contributed by atoms with van der Waals surface area (Å²) in [6.07, 6.45) is 1.59. The molecule has 0 radical (unpaired) electrons. The third-order valence-electron chi connectivity index (χ3n) is 4.84. The van der Waals surface area contributed by atoms with Gasteiger partial charge in [0.2, 0.25) is 0 Å². The minimum absolute atomic E-state index is 0.182. The van der Waals surface area contributed by atoms with Crippen LogP contribution in [0.5, 0.6) is 5.75 Å². The molecule has 1 saturated heterocycles. The van der Waals surface area contributed by atoms with Crippen molar-refractivity contribution in [2.75, 3.05) is 13.2 Å². The maximum atomic E-state index is 12.7. The highest BCUT2D eigenvalue weighted by molar-refractivity contribution is 8.18. The Bertz CT molecular complexity index is 1170. The van der Waals surface area contributed by atoms with E-state index >= 15 is 0 Å². The summed E-state index contributed by atoms with van der Waals surface area (Å²) in [6, 6.07) is 16.8. The summed E-state index contributed by atoms with van der Waals surface area (Å²) in [5.74, 6) is 1.50. The van der Waals surface area contributed by atoms with E-state index in [0.29, 0.717) is 27.2 Å². The van der Waals surface area contributed by atoms with Crippen molar-refractivity contribution in [3.63, 3.8) is 0 Å². The van der Waals surface area contributed by atoms with Gasteiger partial charge >= 0.3 is 0 Å². The van der Waals surface area contributed by atoms with Crippen LogP contribution in [0.15, 0.2) is 63.9 Å². The molecule has 2 aromatic carbocycles. The number of furan rings is 1. The van der Waals surface area contributed by atoms with Crippen LogP contribution in [0.1, 0.15) is 16.9 Å². The number of thioether (sulfide) groups is 1. The molecule has 1 fully saturated rings. The Morgan fingerprint density at radius 3 is 2.61 bits per heavy atom. The minimum atomic E-state index is -0.348. The molecule has 158 valence electrons. The molecule has 1 aliphatic heterocycles. The zero-order valence-corrected chi connectivity index (χ0v) is 18.6. The molecule has 7 heteroatoms. The Morgan fingerprint density at radius 2 is 1.84 bits per heavy atom. The van der Waals surface area contributed by atoms with Gasteiger partial charge in [0, 0.05) is 16.7 Å². The van der Waals surface area contributed by atoms with E-state index in [4.69, 9.17) is 20.8 Å². The predicted octanol–water partition coefficient (Wildman–Crippen LogP) is 6.33. The van der Waals surface area contributed by atoms with Gasteiger partial charge in [0.15, 0.2) is 0 Å². The van der Waals surface area contributed by atoms with E-state index in [1.165, 1.54) is 4.90 Å². The lowest BCUT2D eigenvalue weighted by atomic mass is 10.1. The van der Waals surface area contributed by atoms with Crippen LogP contribution in [0.4, 0.5) is 4.79 Å². The SMILES string of the molecule is Cc1ccc(OCCN2C(=O)S/C(=C\c3ccc(-c4cc(Cl)ccc4C)o3)C2=O)cc1. The van der Waals surface area contributed by atoms with Crippen LogP contribution in [-0.4, -0.2) is 29.2 Å². The van der Waals surface area contributed by atoms with Gasteiger partial charge in [0.1, 0.15) is 23.9 Å². The minimum Gasteiger partial charge on any atom is -0.492 e. The van der Waals surface area contributed by atoms with E-state index in [2.05, 4.69) is 0 Å². The molecule has 0 bridgehead atoms. The molecule has 0 aliphatic carbocycles. The Kier molecular flexibility index (Phi) is 6.20. The highest BCUT2D eigenvalue weighted by Gasteiger charge is 2.35. The van der Waals surface area contributed by atoms with Crippen molar-refractivity contribution in [2.45, 2.75) is 13.8 Å². The monoisotopic (exact) mass is 453 g/mol. The van der Waals surface area contributed by atoms with Gasteiger partial charge < -0.3 is 9.15 Å². The van der Waals surface area contributed by atoms with Crippen molar-refractivity contribution in [1.82, 2.24) is 4.90 Å². The predicted molar refractivity (Wildman–Crippen MR) is 123 cm³/mol. The fourth-order valence-corrected chi connectivity index (χ4v) is 4.16. The standard InChI is InChI=1S/C24H20ClNO4S/c1-15-3-7-18(8-4-15)29-12-11-26-23(27)22(31-24(26)28)14-19-9-10-21(30-19)20-13-17(25)6-5-16(20)2/h3-10,13-14H,11-12H2,1-2H3/b22-14-. The van der Waals surface area contributed by atoms with Crippen molar-refractivity contribution in [3.8, 4) is 17.1 Å². The first-order chi connectivity index (χ1) is 14.9. The van der Waals surface area contributed by atoms with Crippen LogP contribution in [0.3, 0.4) is 0 Å². The molecule has 0 atom stereocenters. The number of hydrogen-bond acceptors (Lipinski definition) is 5. The number of amides is 2. The largest absolute Gasteiger partial charge is 0.492 e. The molecule has 31 heavy (non-hydrogen) atoms. The lowest BCUT2D eigenvalue weighted by Crippen LogP contribution is -2.32. The van der Waals surface area contributed by atoms with Gasteiger partial charge in [-0.25, -0.2) is 0 Å². The highest BCUT2D eigenvalue weighted by atomic mass is 35.5. The molecule has 4 rings (SSSR count). The second-order valence-electron chi connectivity index (χ2n) is 7.16. The number of imide groups is 1. The zero-order valence-electron chi connectivity index (χ0n) is 17.1. The first-order valence-corrected chi connectivity index (χ1v) is 10.9. The summed E-state index contributed by atoms with van der Waals surface area (Å²) in [4.78, 5) is 26.5. The number of halogens is 1. The fraction of sp³-hybridized carbons (Fsp3) is 0.167. The number of aryl methyl sites for hydroxylation is 2. The number of nitrogens with zero attached hydrogens (tertiary/aromatic N) is 1. The second kappa shape index (κ2) is 9.04. The average Bonchev–Trinajstić information content (AvgIpc) is 3.31. The molecular weight excluding hydrogens is 434 g/mol. The number of benzene rings is 2. The van der Waals surface area contributed by atoms with Crippen LogP contribution >= 0.6 is 23.4 Å². The Morgan fingerprint density at radius 1 is 1.06 bits per heavy atom. The van der Waals surface area contributed by atoms with E-state index in [1.54, 1.807) is 12.1 Å². The molecule has 0 N–H and O–H groups in total. The van der Waals surface area contributed by atoms with E-state index in [0.717, 1.165) is 28.5 Å². The highest BCUT2D eigenvalue weighted by Crippen LogP contribution is 2.34. The van der Waals surface area contributed by atoms with E-state index in [1.807, 2.05) is 62.4 Å². The smallest absolute Gasteiger partial charge is 0.293 e. The Balaban J connectivity index is 1.43. The summed E-state index contributed by atoms with van der Waals surface area (Å²) in [5, 5.41) is 0.300. The van der Waals surface area contributed by atoms with Gasteiger partial charge in [-0.15, -0.1) is 0 Å². The normalized spacial score (nSPS) is 15.2. The summed E-state index contributed by atoms with van der Waals surface area (Å²) >= 11 is 6.99. The van der Waals surface area contributed by atoms with Gasteiger partial charge in [0.05, 0.1) is 11.4 Å². The quantitative estimate of drug-likeness (QED) is 0.408. The summed E-state index contributed by atoms with van der Waals surface area (Å²) in [5.41, 5.74) is 3.04. The lowest BCUT2D eigenvalue weighted by Gasteiger charge is -2.13. The van der Waals surface area contributed by atoms with Crippen molar-refractivity contribution < 1.29 is 18.7 Å². The number of ether oxygens (including phenoxy) is 1. The van der Waals surface area contributed by atoms with Gasteiger partial charge in [-0.2, -0.15) is 0 Å². The first-order valence-electron chi connectivity index (χ1n) is 9.72. The molecule has 2 amide bonds. The number of hydrogen-bond donors (Lipinski definition) is 0. The van der Waals surface area contributed by atoms with E-state index in [-0.39, 0.29) is 24.3 Å². The molecule has 1 aromatic heterocycles. The maximum absolute atomic E-state index is 12.7. The average molecular weight is 454 g/mol. The summed E-state index contributed by atoms with van der Waals surface area (Å²) in [7, 11) is 0. The van der Waals surface area contributed by atoms with Crippen molar-refractivity contribution in [2.24, 2.45) is 0 Å². The number of carbonyl (C=O) groups excluding carboxylic acids is 2. The summed E-state index contributed by atoms with van der Waals surface area (Å²) in [6.45, 7) is 4.38. The van der Waals surface area contributed by atoms with Crippen LogP contribution < -0.4 is 4.74 Å². The van der Waals surface area contributed by atoms with Crippen molar-refractivity contribution in [1.29, 1.82) is 0 Å². The molecule has 0 saturated carbocycles. The molecule has 5 nitrogen and oxygen atoms in total. The Labute approximate surface area is 189 Å². The lowest BCUT2D eigenvalue weighted by molar-refractivity contribution is -0.123. The molecule has 3 aromatic rings. The number of carbonyl (C=O) groups is 2. The molecule has 0 spiro atoms. The number of rotatable bonds is 6. The van der Waals surface area contributed by atoms with Gasteiger partial charge in [-0.05, 0) is 67.6 Å². The molecule has 2 heterocycles. The summed E-state index contributed by atoms with van der Waals surface area (Å²) < 4.78 is 11.5. The zero-order chi connectivity index (χ0) is 22.0. The fourth-order valence-electron chi connectivity index (χ4n) is 3.15. The van der Waals surface area contributed by atoms with Crippen LogP contribution in [-0.2, 0) is 4.79 Å². The van der Waals surface area contributed by atoms with Gasteiger partial charge in [0.25, 0.3) is 11.1 Å². The third kappa shape index (κ3) is 4.86. The van der Waals surface area contributed by atoms with Crippen LogP contribution in [0, 0.1) is 13.8 Å². The maximum Gasteiger partial charge on any atom is 0.293 e. The van der Waals surface area contributed by atoms with Crippen molar-refractivity contribution in [3.05, 3.63) is 81.4 Å². The second-order valence-corrected chi connectivity index (χ2v) is 8.59. The first kappa shape index (κ1) is 21.3. The van der Waals surface area contributed by atoms with E-state index in [9.17, 15) is 9.59 Å².